The van der Waals surface area contributed by atoms with E-state index >= 15 is 0 Å². The molecular formula is C15H30O4S2. The fourth-order valence-electron chi connectivity index (χ4n) is 2.05. The molecule has 1 aliphatic rings. The van der Waals surface area contributed by atoms with E-state index < -0.39 is 10.1 Å². The van der Waals surface area contributed by atoms with Gasteiger partial charge in [-0.15, -0.1) is 0 Å². The van der Waals surface area contributed by atoms with Gasteiger partial charge in [-0.1, -0.05) is 33.1 Å². The summed E-state index contributed by atoms with van der Waals surface area (Å²) in [6, 6.07) is 0. The normalized spacial score (nSPS) is 15.6. The monoisotopic (exact) mass is 338 g/mol. The van der Waals surface area contributed by atoms with Crippen molar-refractivity contribution in [3.63, 3.8) is 0 Å². The Labute approximate surface area is 133 Å². The average molecular weight is 339 g/mol. The lowest BCUT2D eigenvalue weighted by molar-refractivity contribution is -0.116. The Balaban J connectivity index is 0.000000433. The summed E-state index contributed by atoms with van der Waals surface area (Å²) in [5.41, 5.74) is 0. The Morgan fingerprint density at radius 2 is 1.62 bits per heavy atom. The first kappa shape index (κ1) is 20.9. The van der Waals surface area contributed by atoms with Crippen molar-refractivity contribution in [1.29, 1.82) is 0 Å². The van der Waals surface area contributed by atoms with Gasteiger partial charge in [-0.25, -0.2) is 8.42 Å². The van der Waals surface area contributed by atoms with Crippen LogP contribution in [0.4, 0.5) is 0 Å². The highest BCUT2D eigenvalue weighted by molar-refractivity contribution is 7.97. The number of hydrogen-bond acceptors (Lipinski definition) is 4. The number of rotatable bonds is 9. The van der Waals surface area contributed by atoms with Gasteiger partial charge in [0.15, 0.2) is 11.5 Å². The molecule has 0 radical (unpaired) electrons. The minimum absolute atomic E-state index is 0.219. The van der Waals surface area contributed by atoms with E-state index in [0.717, 1.165) is 25.0 Å². The lowest BCUT2D eigenvalue weighted by Gasteiger charge is -2.02. The van der Waals surface area contributed by atoms with Crippen molar-refractivity contribution >= 4 is 26.8 Å². The summed E-state index contributed by atoms with van der Waals surface area (Å²) >= 11 is 0. The molecule has 1 saturated heterocycles. The third-order valence-corrected chi connectivity index (χ3v) is 6.54. The highest BCUT2D eigenvalue weighted by Crippen LogP contribution is 2.14. The molecule has 0 aromatic carbocycles. The summed E-state index contributed by atoms with van der Waals surface area (Å²) < 4.78 is 29.5. The van der Waals surface area contributed by atoms with Crippen molar-refractivity contribution in [3.05, 3.63) is 0 Å². The highest BCUT2D eigenvalue weighted by Gasteiger charge is 2.26. The van der Waals surface area contributed by atoms with E-state index in [1.165, 1.54) is 37.2 Å². The van der Waals surface area contributed by atoms with Crippen LogP contribution >= 0.6 is 0 Å². The van der Waals surface area contributed by atoms with Gasteiger partial charge in [-0.05, 0) is 36.6 Å². The van der Waals surface area contributed by atoms with Gasteiger partial charge in [0.05, 0.1) is 10.1 Å². The molecule has 1 aliphatic heterocycles. The van der Waals surface area contributed by atoms with Crippen LogP contribution in [0, 0.1) is 0 Å². The molecule has 0 unspecified atom stereocenters. The van der Waals surface area contributed by atoms with Gasteiger partial charge in [0.25, 0.3) is 0 Å². The molecule has 0 aromatic heterocycles. The van der Waals surface area contributed by atoms with Crippen LogP contribution in [0.5, 0.6) is 0 Å². The van der Waals surface area contributed by atoms with E-state index in [1.54, 1.807) is 0 Å². The molecular weight excluding hydrogens is 308 g/mol. The molecule has 1 rings (SSSR count). The van der Waals surface area contributed by atoms with Crippen LogP contribution in [0.2, 0.25) is 0 Å². The van der Waals surface area contributed by atoms with Crippen LogP contribution in [0.25, 0.3) is 0 Å². The van der Waals surface area contributed by atoms with Crippen LogP contribution in [0.3, 0.4) is 0 Å². The minimum Gasteiger partial charge on any atom is -0.748 e. The number of carbonyl (C=O) groups excluding carboxylic acids is 1. The van der Waals surface area contributed by atoms with Crippen molar-refractivity contribution in [2.45, 2.75) is 65.2 Å². The highest BCUT2D eigenvalue weighted by atomic mass is 32.2. The SMILES string of the molecule is CCCCCC(=O)C[S+]1CCCC1.CCCCS(=O)(=O)[O-]. The predicted molar refractivity (Wildman–Crippen MR) is 89.8 cm³/mol. The predicted octanol–water partition coefficient (Wildman–Crippen LogP) is 2.88. The number of hydrogen-bond donors (Lipinski definition) is 0. The summed E-state index contributed by atoms with van der Waals surface area (Å²) in [4.78, 5) is 11.5. The Morgan fingerprint density at radius 1 is 1.05 bits per heavy atom. The zero-order valence-corrected chi connectivity index (χ0v) is 15.1. The third-order valence-electron chi connectivity index (χ3n) is 3.29. The van der Waals surface area contributed by atoms with E-state index in [9.17, 15) is 17.8 Å². The van der Waals surface area contributed by atoms with Crippen LogP contribution in [-0.4, -0.2) is 41.8 Å². The van der Waals surface area contributed by atoms with E-state index in [4.69, 9.17) is 0 Å². The van der Waals surface area contributed by atoms with Crippen LogP contribution < -0.4 is 0 Å². The van der Waals surface area contributed by atoms with Crippen LogP contribution in [0.15, 0.2) is 0 Å². The Bertz CT molecular complexity index is 360. The Morgan fingerprint density at radius 3 is 2.05 bits per heavy atom. The largest absolute Gasteiger partial charge is 0.748 e. The van der Waals surface area contributed by atoms with Gasteiger partial charge in [-0.3, -0.25) is 4.79 Å². The fraction of sp³-hybridized carbons (Fsp3) is 0.933. The third kappa shape index (κ3) is 14.6. The molecule has 1 heterocycles. The second kappa shape index (κ2) is 12.5. The van der Waals surface area contributed by atoms with Gasteiger partial charge >= 0.3 is 0 Å². The first-order chi connectivity index (χ1) is 9.89. The molecule has 0 atom stereocenters. The van der Waals surface area contributed by atoms with Gasteiger partial charge in [0.1, 0.15) is 11.5 Å². The van der Waals surface area contributed by atoms with Crippen molar-refractivity contribution in [3.8, 4) is 0 Å². The molecule has 1 fully saturated rings. The smallest absolute Gasteiger partial charge is 0.181 e. The van der Waals surface area contributed by atoms with Gasteiger partial charge < -0.3 is 4.55 Å². The molecule has 0 spiro atoms. The first-order valence-electron chi connectivity index (χ1n) is 7.98. The summed E-state index contributed by atoms with van der Waals surface area (Å²) in [5, 5.41) is 0. The summed E-state index contributed by atoms with van der Waals surface area (Å²) in [7, 11) is -3.45. The molecule has 0 saturated carbocycles. The van der Waals surface area contributed by atoms with Gasteiger partial charge in [-0.2, -0.15) is 0 Å². The molecule has 0 aromatic rings. The van der Waals surface area contributed by atoms with Crippen molar-refractivity contribution in [2.24, 2.45) is 0 Å². The van der Waals surface area contributed by atoms with E-state index in [-0.39, 0.29) is 5.75 Å². The molecule has 0 bridgehead atoms. The second-order valence-electron chi connectivity index (χ2n) is 5.48. The molecule has 0 aliphatic carbocycles. The summed E-state index contributed by atoms with van der Waals surface area (Å²) in [6.07, 6.45) is 8.37. The molecule has 0 amide bonds. The zero-order valence-electron chi connectivity index (χ0n) is 13.4. The minimum atomic E-state index is -3.94. The maximum absolute atomic E-state index is 11.5. The molecule has 126 valence electrons. The van der Waals surface area contributed by atoms with E-state index in [1.807, 2.05) is 6.92 Å². The van der Waals surface area contributed by atoms with Crippen LogP contribution in [-0.2, 0) is 25.8 Å². The Hall–Kier alpha value is -0.0700. The number of Topliss-reactive ketones (excluding diaryl/α,β-unsaturated/α-hetero) is 1. The van der Waals surface area contributed by atoms with E-state index in [2.05, 4.69) is 6.92 Å². The quantitative estimate of drug-likeness (QED) is 0.368. The van der Waals surface area contributed by atoms with E-state index in [0.29, 0.717) is 23.1 Å². The zero-order chi connectivity index (χ0) is 16.1. The Kier molecular flexibility index (Phi) is 12.4. The maximum Gasteiger partial charge on any atom is 0.181 e. The van der Waals surface area contributed by atoms with Gasteiger partial charge in [0.2, 0.25) is 0 Å². The lowest BCUT2D eigenvalue weighted by atomic mass is 10.2. The number of carbonyl (C=O) groups is 1. The molecule has 0 N–H and O–H groups in total. The number of ketones is 1. The van der Waals surface area contributed by atoms with Crippen molar-refractivity contribution in [2.75, 3.05) is 23.0 Å². The first-order valence-corrected chi connectivity index (χ1v) is 11.3. The van der Waals surface area contributed by atoms with Crippen LogP contribution in [0.1, 0.15) is 65.2 Å². The van der Waals surface area contributed by atoms with Gasteiger partial charge in [0, 0.05) is 12.2 Å². The van der Waals surface area contributed by atoms with Crippen molar-refractivity contribution < 1.29 is 17.8 Å². The maximum atomic E-state index is 11.5. The molecule has 21 heavy (non-hydrogen) atoms. The standard InChI is InChI=1S/C11H21OS.C4H10O3S/c1-2-3-4-7-11(12)10-13-8-5-6-9-13;1-2-3-4-8(5,6)7/h2-10H2,1H3;2-4H2,1H3,(H,5,6,7)/q+1;/p-1. The fourth-order valence-corrected chi connectivity index (χ4v) is 5.01. The number of unbranched alkanes of at least 4 members (excludes halogenated alkanes) is 3. The topological polar surface area (TPSA) is 74.3 Å². The average Bonchev–Trinajstić information content (AvgIpc) is 2.89. The van der Waals surface area contributed by atoms with Crippen molar-refractivity contribution in [1.82, 2.24) is 0 Å². The summed E-state index contributed by atoms with van der Waals surface area (Å²) in [5.74, 6) is 3.88. The lowest BCUT2D eigenvalue weighted by Crippen LogP contribution is -2.17. The molecule has 4 nitrogen and oxygen atoms in total. The summed E-state index contributed by atoms with van der Waals surface area (Å²) in [6.45, 7) is 4.02. The second-order valence-corrected chi connectivity index (χ2v) is 9.34. The molecule has 6 heteroatoms.